The molecule has 17 heavy (non-hydrogen) atoms. The summed E-state index contributed by atoms with van der Waals surface area (Å²) in [6.45, 7) is 4.51. The molecule has 1 aliphatic rings. The highest BCUT2D eigenvalue weighted by atomic mass is 16.3. The number of carbonyl (C=O) groups excluding carboxylic acids is 2. The normalized spacial score (nSPS) is 14.1. The molecule has 2 N–H and O–H groups in total. The lowest BCUT2D eigenvalue weighted by Crippen LogP contribution is -2.53. The third-order valence-corrected chi connectivity index (χ3v) is 2.18. The van der Waals surface area contributed by atoms with Crippen LogP contribution in [0.15, 0.2) is 30.8 Å². The van der Waals surface area contributed by atoms with Gasteiger partial charge in [0.25, 0.3) is 0 Å². The lowest BCUT2D eigenvalue weighted by atomic mass is 10.3. The van der Waals surface area contributed by atoms with E-state index in [1.54, 1.807) is 12.1 Å². The van der Waals surface area contributed by atoms with Gasteiger partial charge in [0, 0.05) is 13.1 Å². The van der Waals surface area contributed by atoms with Crippen molar-refractivity contribution in [3.63, 3.8) is 0 Å². The van der Waals surface area contributed by atoms with Crippen molar-refractivity contribution in [2.24, 2.45) is 0 Å². The number of carbonyl (C=O) groups is 2. The van der Waals surface area contributed by atoms with Crippen molar-refractivity contribution in [3.8, 4) is 0 Å². The molecule has 0 unspecified atom stereocenters. The minimum absolute atomic E-state index is 0.255. The Hall–Kier alpha value is -2.57. The van der Waals surface area contributed by atoms with Crippen molar-refractivity contribution in [1.82, 2.24) is 9.99 Å². The van der Waals surface area contributed by atoms with E-state index >= 15 is 0 Å². The Morgan fingerprint density at radius 2 is 2.24 bits per heavy atom. The Kier molecular flexibility index (Phi) is 2.43. The van der Waals surface area contributed by atoms with Gasteiger partial charge in [0.05, 0.1) is 0 Å². The molecule has 0 atom stereocenters. The maximum Gasteiger partial charge on any atom is 0.349 e. The minimum atomic E-state index is -0.695. The fraction of sp³-hybridized carbons (Fsp3) is 0.100. The Labute approximate surface area is 96.9 Å². The number of urea groups is 1. The van der Waals surface area contributed by atoms with Crippen LogP contribution in [0.5, 0.6) is 0 Å². The van der Waals surface area contributed by atoms with E-state index in [1.165, 1.54) is 13.1 Å². The number of amides is 3. The summed E-state index contributed by atoms with van der Waals surface area (Å²) in [5, 5.41) is 13.5. The molecule has 1 aromatic heterocycles. The lowest BCUT2D eigenvalue weighted by molar-refractivity contribution is -0.119. The number of hydrogen-bond acceptors (Lipinski definition) is 4. The average Bonchev–Trinajstić information content (AvgIpc) is 2.26. The van der Waals surface area contributed by atoms with Crippen LogP contribution in [-0.2, 0) is 4.79 Å². The van der Waals surface area contributed by atoms with E-state index in [4.69, 9.17) is 0 Å². The van der Waals surface area contributed by atoms with Crippen molar-refractivity contribution in [3.05, 3.63) is 30.8 Å². The number of aromatic nitrogens is 1. The summed E-state index contributed by atoms with van der Waals surface area (Å²) in [5.74, 6) is -0.735. The first kappa shape index (κ1) is 10.9. The van der Waals surface area contributed by atoms with Crippen LogP contribution < -0.4 is 10.3 Å². The third kappa shape index (κ3) is 1.67. The summed E-state index contributed by atoms with van der Waals surface area (Å²) in [4.78, 5) is 27.2. The second-order valence-corrected chi connectivity index (χ2v) is 3.36. The fourth-order valence-electron chi connectivity index (χ4n) is 1.56. The maximum absolute atomic E-state index is 11.7. The number of nitrogens with one attached hydrogen (secondary N) is 1. The molecule has 0 bridgehead atoms. The smallest absolute Gasteiger partial charge is 0.349 e. The second kappa shape index (κ2) is 3.78. The molecule has 3 amide bonds. The van der Waals surface area contributed by atoms with Crippen LogP contribution >= 0.6 is 0 Å². The second-order valence-electron chi connectivity index (χ2n) is 3.36. The number of hydrogen-bond donors (Lipinski definition) is 2. The van der Waals surface area contributed by atoms with Gasteiger partial charge in [-0.3, -0.25) is 10.1 Å². The summed E-state index contributed by atoms with van der Waals surface area (Å²) >= 11 is 0. The molecule has 0 aliphatic carbocycles. The summed E-state index contributed by atoms with van der Waals surface area (Å²) in [6, 6.07) is 2.52. The molecule has 2 heterocycles. The molecule has 7 nitrogen and oxygen atoms in total. The third-order valence-electron chi connectivity index (χ3n) is 2.18. The molecule has 0 fully saturated rings. The molecule has 7 heteroatoms. The number of hydrazine groups is 1. The first-order chi connectivity index (χ1) is 8.02. The predicted molar refractivity (Wildman–Crippen MR) is 60.0 cm³/mol. The van der Waals surface area contributed by atoms with Gasteiger partial charge >= 0.3 is 6.03 Å². The first-order valence-electron chi connectivity index (χ1n) is 4.77. The molecule has 0 aromatic carbocycles. The van der Waals surface area contributed by atoms with Crippen LogP contribution in [0, 0.1) is 0 Å². The van der Waals surface area contributed by atoms with Crippen LogP contribution in [0.4, 0.5) is 16.3 Å². The van der Waals surface area contributed by atoms with Crippen molar-refractivity contribution in [2.75, 3.05) is 10.3 Å². The first-order valence-corrected chi connectivity index (χ1v) is 4.77. The molecule has 2 rings (SSSR count). The van der Waals surface area contributed by atoms with Gasteiger partial charge in [-0.05, 0) is 18.7 Å². The van der Waals surface area contributed by atoms with Crippen molar-refractivity contribution in [2.45, 2.75) is 6.92 Å². The zero-order valence-electron chi connectivity index (χ0n) is 9.04. The van der Waals surface area contributed by atoms with E-state index in [0.717, 1.165) is 10.0 Å². The Balaban J connectivity index is 2.58. The van der Waals surface area contributed by atoms with Crippen LogP contribution in [0.25, 0.3) is 0 Å². The van der Waals surface area contributed by atoms with Gasteiger partial charge in [0.2, 0.25) is 11.8 Å². The molecular formula is C10H10N4O3. The summed E-state index contributed by atoms with van der Waals surface area (Å²) in [7, 11) is 0. The van der Waals surface area contributed by atoms with Gasteiger partial charge in [0.1, 0.15) is 5.69 Å². The van der Waals surface area contributed by atoms with Crippen molar-refractivity contribution >= 4 is 23.4 Å². The fourth-order valence-corrected chi connectivity index (χ4v) is 1.56. The van der Waals surface area contributed by atoms with Gasteiger partial charge in [0.15, 0.2) is 5.82 Å². The molecule has 0 spiro atoms. The number of rotatable bonds is 1. The number of anilines is 2. The quantitative estimate of drug-likeness (QED) is 0.715. The van der Waals surface area contributed by atoms with E-state index in [9.17, 15) is 14.7 Å². The summed E-state index contributed by atoms with van der Waals surface area (Å²) in [6.07, 6.45) is 1.49. The van der Waals surface area contributed by atoms with E-state index in [0.29, 0.717) is 5.69 Å². The predicted octanol–water partition coefficient (Wildman–Crippen LogP) is 1.23. The molecule has 1 aliphatic heterocycles. The van der Waals surface area contributed by atoms with Crippen LogP contribution in [0.2, 0.25) is 0 Å². The molecule has 0 saturated carbocycles. The van der Waals surface area contributed by atoms with Gasteiger partial charge in [-0.25, -0.2) is 14.8 Å². The lowest BCUT2D eigenvalue weighted by Gasteiger charge is -2.36. The molecule has 0 radical (unpaired) electrons. The number of fused-ring (bicyclic) bond motifs is 1. The molecule has 1 aromatic rings. The highest BCUT2D eigenvalue weighted by molar-refractivity contribution is 6.05. The average molecular weight is 234 g/mol. The number of aliphatic hydroxyl groups is 1. The topological polar surface area (TPSA) is 85.8 Å². The molecular weight excluding hydrogens is 224 g/mol. The number of pyridine rings is 1. The van der Waals surface area contributed by atoms with Gasteiger partial charge in [-0.2, -0.15) is 5.01 Å². The number of aliphatic hydroxyl groups excluding tert-OH is 1. The summed E-state index contributed by atoms with van der Waals surface area (Å²) in [5.41, 5.74) is 0.370. The molecule has 88 valence electrons. The van der Waals surface area contributed by atoms with E-state index in [1.807, 2.05) is 0 Å². The highest BCUT2D eigenvalue weighted by Crippen LogP contribution is 2.30. The van der Waals surface area contributed by atoms with E-state index < -0.39 is 17.8 Å². The minimum Gasteiger partial charge on any atom is -0.494 e. The molecule has 0 saturated heterocycles. The Morgan fingerprint density at radius 1 is 1.53 bits per heavy atom. The number of nitrogens with zero attached hydrogens (tertiary/aromatic N) is 3. The summed E-state index contributed by atoms with van der Waals surface area (Å²) < 4.78 is 0. The van der Waals surface area contributed by atoms with Crippen molar-refractivity contribution < 1.29 is 14.7 Å². The standard InChI is InChI=1S/C10H10N4O3/c1-6(15)13-8-4-3-5-11-9(8)12-10(17)14(13)7(2)16/h3-5,16H,2H2,1H3,(H,11,12,17). The zero-order chi connectivity index (χ0) is 12.6. The van der Waals surface area contributed by atoms with Gasteiger partial charge in [-0.1, -0.05) is 0 Å². The van der Waals surface area contributed by atoms with Crippen LogP contribution in [0.1, 0.15) is 6.92 Å². The van der Waals surface area contributed by atoms with Crippen LogP contribution in [0.3, 0.4) is 0 Å². The van der Waals surface area contributed by atoms with Gasteiger partial charge < -0.3 is 5.11 Å². The SMILES string of the molecule is C=C(O)N1C(=O)Nc2ncccc2N1C(C)=O. The Bertz CT molecular complexity index is 514. The van der Waals surface area contributed by atoms with E-state index in [2.05, 4.69) is 16.9 Å². The highest BCUT2D eigenvalue weighted by Gasteiger charge is 2.35. The van der Waals surface area contributed by atoms with Gasteiger partial charge in [-0.15, -0.1) is 0 Å². The van der Waals surface area contributed by atoms with E-state index in [-0.39, 0.29) is 5.82 Å². The Morgan fingerprint density at radius 3 is 2.82 bits per heavy atom. The van der Waals surface area contributed by atoms with Crippen molar-refractivity contribution in [1.29, 1.82) is 0 Å². The largest absolute Gasteiger partial charge is 0.494 e. The maximum atomic E-state index is 11.7. The van der Waals surface area contributed by atoms with Crippen LogP contribution in [-0.4, -0.2) is 27.0 Å². The zero-order valence-corrected chi connectivity index (χ0v) is 9.04. The monoisotopic (exact) mass is 234 g/mol.